The van der Waals surface area contributed by atoms with Crippen molar-refractivity contribution in [2.75, 3.05) is 24.2 Å². The molecule has 1 aromatic carbocycles. The van der Waals surface area contributed by atoms with Gasteiger partial charge in [0.25, 0.3) is 0 Å². The largest absolute Gasteiger partial charge is 0.399 e. The zero-order valence-electron chi connectivity index (χ0n) is 11.0. The fraction of sp³-hybridized carbons (Fsp3) is 0.500. The number of urea groups is 1. The van der Waals surface area contributed by atoms with E-state index in [2.05, 4.69) is 10.6 Å². The van der Waals surface area contributed by atoms with Crippen LogP contribution >= 0.6 is 0 Å². The summed E-state index contributed by atoms with van der Waals surface area (Å²) in [4.78, 5) is 11.6. The van der Waals surface area contributed by atoms with Gasteiger partial charge in [0, 0.05) is 24.5 Å². The summed E-state index contributed by atoms with van der Waals surface area (Å²) in [6, 6.07) is 6.87. The van der Waals surface area contributed by atoms with Gasteiger partial charge in [-0.1, -0.05) is 0 Å². The monoisotopic (exact) mass is 263 g/mol. The van der Waals surface area contributed by atoms with Gasteiger partial charge >= 0.3 is 6.03 Å². The molecule has 2 rings (SSSR count). The lowest BCUT2D eigenvalue weighted by molar-refractivity contribution is 0.0120. The van der Waals surface area contributed by atoms with Crippen molar-refractivity contribution in [2.24, 2.45) is 0 Å². The first-order chi connectivity index (χ1) is 9.24. The number of carbonyl (C=O) groups is 1. The van der Waals surface area contributed by atoms with Gasteiger partial charge in [0.1, 0.15) is 0 Å². The molecular weight excluding hydrogens is 242 g/mol. The molecule has 104 valence electrons. The van der Waals surface area contributed by atoms with Gasteiger partial charge in [0.05, 0.1) is 6.10 Å². The fourth-order valence-corrected chi connectivity index (χ4v) is 2.12. The van der Waals surface area contributed by atoms with Crippen molar-refractivity contribution in [3.63, 3.8) is 0 Å². The molecule has 0 spiro atoms. The highest BCUT2D eigenvalue weighted by Crippen LogP contribution is 2.15. The second-order valence-electron chi connectivity index (χ2n) is 4.78. The predicted octanol–water partition coefficient (Wildman–Crippen LogP) is 2.35. The number of hydrogen-bond donors (Lipinski definition) is 3. The van der Waals surface area contributed by atoms with Gasteiger partial charge in [0.2, 0.25) is 0 Å². The van der Waals surface area contributed by atoms with Crippen LogP contribution in [0.2, 0.25) is 0 Å². The number of ether oxygens (including phenoxy) is 1. The summed E-state index contributed by atoms with van der Waals surface area (Å²) in [5.41, 5.74) is 7.00. The number of nitrogens with one attached hydrogen (secondary N) is 2. The third-order valence-corrected chi connectivity index (χ3v) is 3.19. The zero-order valence-corrected chi connectivity index (χ0v) is 11.0. The smallest absolute Gasteiger partial charge is 0.319 e. The molecule has 1 aromatic rings. The van der Waals surface area contributed by atoms with Crippen molar-refractivity contribution in [1.29, 1.82) is 0 Å². The number of hydrogen-bond acceptors (Lipinski definition) is 3. The normalized spacial score (nSPS) is 18.8. The Morgan fingerprint density at radius 3 is 2.79 bits per heavy atom. The van der Waals surface area contributed by atoms with Crippen molar-refractivity contribution in [3.05, 3.63) is 24.3 Å². The highest BCUT2D eigenvalue weighted by molar-refractivity contribution is 5.89. The van der Waals surface area contributed by atoms with Crippen molar-refractivity contribution in [2.45, 2.75) is 31.8 Å². The Kier molecular flexibility index (Phi) is 5.03. The summed E-state index contributed by atoms with van der Waals surface area (Å²) in [5.74, 6) is 0. The average Bonchev–Trinajstić information content (AvgIpc) is 2.43. The van der Waals surface area contributed by atoms with Crippen molar-refractivity contribution in [3.8, 4) is 0 Å². The van der Waals surface area contributed by atoms with Crippen molar-refractivity contribution < 1.29 is 9.53 Å². The summed E-state index contributed by atoms with van der Waals surface area (Å²) in [7, 11) is 0. The van der Waals surface area contributed by atoms with E-state index in [4.69, 9.17) is 10.5 Å². The van der Waals surface area contributed by atoms with Crippen molar-refractivity contribution >= 4 is 17.4 Å². The first-order valence-corrected chi connectivity index (χ1v) is 6.76. The molecule has 0 saturated carbocycles. The van der Waals surface area contributed by atoms with Gasteiger partial charge in [-0.3, -0.25) is 0 Å². The Morgan fingerprint density at radius 2 is 2.11 bits per heavy atom. The van der Waals surface area contributed by atoms with Crippen LogP contribution in [0, 0.1) is 0 Å². The third kappa shape index (κ3) is 4.79. The lowest BCUT2D eigenvalue weighted by atomic mass is 10.1. The van der Waals surface area contributed by atoms with E-state index in [1.54, 1.807) is 24.3 Å². The van der Waals surface area contributed by atoms with Crippen molar-refractivity contribution in [1.82, 2.24) is 5.32 Å². The summed E-state index contributed by atoms with van der Waals surface area (Å²) in [6.07, 6.45) is 4.64. The molecule has 0 aliphatic carbocycles. The van der Waals surface area contributed by atoms with Crippen LogP contribution in [0.5, 0.6) is 0 Å². The minimum Gasteiger partial charge on any atom is -0.399 e. The molecule has 5 heteroatoms. The highest BCUT2D eigenvalue weighted by Gasteiger charge is 2.13. The molecule has 1 unspecified atom stereocenters. The maximum Gasteiger partial charge on any atom is 0.319 e. The maximum atomic E-state index is 11.6. The number of carbonyl (C=O) groups excluding carboxylic acids is 1. The molecule has 1 atom stereocenters. The molecule has 0 radical (unpaired) electrons. The van der Waals surface area contributed by atoms with Crippen LogP contribution in [-0.2, 0) is 4.74 Å². The van der Waals surface area contributed by atoms with E-state index in [-0.39, 0.29) is 6.03 Å². The van der Waals surface area contributed by atoms with Crippen LogP contribution < -0.4 is 16.4 Å². The Balaban J connectivity index is 1.65. The molecule has 4 N–H and O–H groups in total. The molecular formula is C14H21N3O2. The van der Waals surface area contributed by atoms with E-state index in [1.807, 2.05) is 0 Å². The van der Waals surface area contributed by atoms with Crippen LogP contribution in [0.3, 0.4) is 0 Å². The van der Waals surface area contributed by atoms with E-state index in [0.29, 0.717) is 18.3 Å². The molecule has 1 aliphatic heterocycles. The number of benzene rings is 1. The Labute approximate surface area is 113 Å². The molecule has 1 heterocycles. The first kappa shape index (κ1) is 13.7. The van der Waals surface area contributed by atoms with Gasteiger partial charge in [-0.15, -0.1) is 0 Å². The van der Waals surface area contributed by atoms with Gasteiger partial charge in [-0.25, -0.2) is 4.79 Å². The van der Waals surface area contributed by atoms with E-state index in [0.717, 1.165) is 31.6 Å². The average molecular weight is 263 g/mol. The highest BCUT2D eigenvalue weighted by atomic mass is 16.5. The molecule has 2 amide bonds. The van der Waals surface area contributed by atoms with Gasteiger partial charge in [-0.2, -0.15) is 0 Å². The molecule has 19 heavy (non-hydrogen) atoms. The minimum atomic E-state index is -0.194. The summed E-state index contributed by atoms with van der Waals surface area (Å²) >= 11 is 0. The summed E-state index contributed by atoms with van der Waals surface area (Å²) in [5, 5.41) is 5.59. The Hall–Kier alpha value is -1.75. The summed E-state index contributed by atoms with van der Waals surface area (Å²) < 4.78 is 5.61. The zero-order chi connectivity index (χ0) is 13.5. The second kappa shape index (κ2) is 6.99. The molecule has 1 saturated heterocycles. The van der Waals surface area contributed by atoms with Gasteiger partial charge < -0.3 is 21.1 Å². The molecule has 0 bridgehead atoms. The predicted molar refractivity (Wildman–Crippen MR) is 76.1 cm³/mol. The quantitative estimate of drug-likeness (QED) is 0.730. The second-order valence-corrected chi connectivity index (χ2v) is 4.78. The Bertz CT molecular complexity index is 400. The lowest BCUT2D eigenvalue weighted by Crippen LogP contribution is -2.32. The van der Waals surface area contributed by atoms with E-state index >= 15 is 0 Å². The standard InChI is InChI=1S/C14H21N3O2/c15-11-4-6-12(7-5-11)17-14(18)16-9-8-13-3-1-2-10-19-13/h4-7,13H,1-3,8-10,15H2,(H2,16,17,18). The number of nitrogens with two attached hydrogens (primary N) is 1. The molecule has 0 aromatic heterocycles. The SMILES string of the molecule is Nc1ccc(NC(=O)NCCC2CCCCO2)cc1. The van der Waals surface area contributed by atoms with E-state index in [9.17, 15) is 4.79 Å². The molecule has 1 aliphatic rings. The molecule has 5 nitrogen and oxygen atoms in total. The van der Waals surface area contributed by atoms with Gasteiger partial charge in [-0.05, 0) is 49.9 Å². The number of rotatable bonds is 4. The van der Waals surface area contributed by atoms with Gasteiger partial charge in [0.15, 0.2) is 0 Å². The number of nitrogen functional groups attached to an aromatic ring is 1. The first-order valence-electron chi connectivity index (χ1n) is 6.76. The van der Waals surface area contributed by atoms with Crippen LogP contribution in [0.15, 0.2) is 24.3 Å². The number of amides is 2. The van der Waals surface area contributed by atoms with E-state index in [1.165, 1.54) is 6.42 Å². The lowest BCUT2D eigenvalue weighted by Gasteiger charge is -2.22. The maximum absolute atomic E-state index is 11.6. The third-order valence-electron chi connectivity index (χ3n) is 3.19. The Morgan fingerprint density at radius 1 is 1.32 bits per heavy atom. The fourth-order valence-electron chi connectivity index (χ4n) is 2.12. The topological polar surface area (TPSA) is 76.4 Å². The summed E-state index contributed by atoms with van der Waals surface area (Å²) in [6.45, 7) is 1.48. The van der Waals surface area contributed by atoms with Crippen LogP contribution in [-0.4, -0.2) is 25.3 Å². The minimum absolute atomic E-state index is 0.194. The number of anilines is 2. The van der Waals surface area contributed by atoms with Crippen LogP contribution in [0.4, 0.5) is 16.2 Å². The molecule has 1 fully saturated rings. The van der Waals surface area contributed by atoms with E-state index < -0.39 is 0 Å². The van der Waals surface area contributed by atoms with Crippen LogP contribution in [0.25, 0.3) is 0 Å². The van der Waals surface area contributed by atoms with Crippen LogP contribution in [0.1, 0.15) is 25.7 Å².